The van der Waals surface area contributed by atoms with Crippen LogP contribution in [0.15, 0.2) is 18.2 Å². The molecule has 0 atom stereocenters. The van der Waals surface area contributed by atoms with Gasteiger partial charge >= 0.3 is 5.97 Å². The number of likely N-dealkylation sites (tertiary alicyclic amines) is 1. The van der Waals surface area contributed by atoms with Crippen molar-refractivity contribution < 1.29 is 14.7 Å². The van der Waals surface area contributed by atoms with Gasteiger partial charge in [0.1, 0.15) is 11.6 Å². The van der Waals surface area contributed by atoms with Crippen molar-refractivity contribution in [3.63, 3.8) is 0 Å². The molecule has 6 nitrogen and oxygen atoms in total. The van der Waals surface area contributed by atoms with E-state index in [0.717, 1.165) is 43.6 Å². The summed E-state index contributed by atoms with van der Waals surface area (Å²) in [5, 5.41) is 11.8. The van der Waals surface area contributed by atoms with Crippen molar-refractivity contribution in [3.8, 4) is 0 Å². The van der Waals surface area contributed by atoms with E-state index in [1.807, 2.05) is 30.1 Å². The highest BCUT2D eigenvalue weighted by atomic mass is 16.4. The average Bonchev–Trinajstić information content (AvgIpc) is 2.59. The number of aliphatic carboxylic acids is 1. The van der Waals surface area contributed by atoms with E-state index in [4.69, 9.17) is 5.11 Å². The molecule has 0 spiro atoms. The molecule has 0 amide bonds. The van der Waals surface area contributed by atoms with Gasteiger partial charge in [0.25, 0.3) is 0 Å². The minimum Gasteiger partial charge on any atom is -0.480 e. The number of hydrogen-bond donors (Lipinski definition) is 2. The molecule has 0 unspecified atom stereocenters. The van der Waals surface area contributed by atoms with Gasteiger partial charge in [-0.15, -0.1) is 0 Å². The molecule has 1 aliphatic heterocycles. The highest BCUT2D eigenvalue weighted by Crippen LogP contribution is 2.20. The molecule has 0 aromatic carbocycles. The number of ketones is 1. The number of pyridine rings is 1. The minimum absolute atomic E-state index is 0.0829. The quantitative estimate of drug-likeness (QED) is 0.674. The fourth-order valence-corrected chi connectivity index (χ4v) is 3.17. The van der Waals surface area contributed by atoms with Gasteiger partial charge < -0.3 is 10.4 Å². The molecule has 0 saturated carbocycles. The summed E-state index contributed by atoms with van der Waals surface area (Å²) < 4.78 is 0. The molecular weight excluding hydrogens is 306 g/mol. The summed E-state index contributed by atoms with van der Waals surface area (Å²) in [4.78, 5) is 29.4. The Morgan fingerprint density at radius 1 is 1.29 bits per heavy atom. The molecule has 2 N–H and O–H groups in total. The van der Waals surface area contributed by atoms with Gasteiger partial charge in [-0.1, -0.05) is 6.07 Å². The Kier molecular flexibility index (Phi) is 7.18. The molecule has 0 bridgehead atoms. The lowest BCUT2D eigenvalue weighted by atomic mass is 9.90. The van der Waals surface area contributed by atoms with Gasteiger partial charge in [-0.05, 0) is 57.3 Å². The number of piperidine rings is 1. The number of carboxylic acids is 1. The molecule has 1 aromatic heterocycles. The number of unbranched alkanes of at least 4 members (excludes halogenated alkanes) is 1. The van der Waals surface area contributed by atoms with Crippen LogP contribution in [0.3, 0.4) is 0 Å². The summed E-state index contributed by atoms with van der Waals surface area (Å²) in [5.74, 6) is 0.523. The second kappa shape index (κ2) is 9.37. The first-order valence-corrected chi connectivity index (χ1v) is 8.69. The van der Waals surface area contributed by atoms with Crippen molar-refractivity contribution in [1.82, 2.24) is 9.88 Å². The summed E-state index contributed by atoms with van der Waals surface area (Å²) in [7, 11) is 1.85. The summed E-state index contributed by atoms with van der Waals surface area (Å²) in [5.41, 5.74) is 1.05. The Morgan fingerprint density at radius 2 is 2.04 bits per heavy atom. The number of nitrogens with zero attached hydrogens (tertiary/aromatic N) is 2. The van der Waals surface area contributed by atoms with E-state index < -0.39 is 5.97 Å². The molecule has 1 fully saturated rings. The maximum Gasteiger partial charge on any atom is 0.317 e. The first-order chi connectivity index (χ1) is 11.6. The Hall–Kier alpha value is -1.95. The first-order valence-electron chi connectivity index (χ1n) is 8.69. The molecule has 132 valence electrons. The van der Waals surface area contributed by atoms with Crippen LogP contribution in [-0.4, -0.2) is 53.4 Å². The second-order valence-electron chi connectivity index (χ2n) is 6.38. The Morgan fingerprint density at radius 3 is 2.71 bits per heavy atom. The maximum atomic E-state index is 12.3. The van der Waals surface area contributed by atoms with Crippen molar-refractivity contribution in [2.75, 3.05) is 32.0 Å². The van der Waals surface area contributed by atoms with Crippen LogP contribution >= 0.6 is 0 Å². The Balaban J connectivity index is 1.64. The van der Waals surface area contributed by atoms with Gasteiger partial charge in [0.15, 0.2) is 0 Å². The number of carbonyl (C=O) groups is 2. The standard InChI is InChI=1S/C18H27N3O3/c1-19-17-8-4-6-15(20-17)5-2-3-7-16(22)14-9-11-21(12-10-14)13-18(23)24/h4,6,8,14H,2-3,5,7,9-13H2,1H3,(H,19,20)(H,23,24). The maximum absolute atomic E-state index is 12.3. The second-order valence-corrected chi connectivity index (χ2v) is 6.38. The molecule has 0 aliphatic carbocycles. The van der Waals surface area contributed by atoms with E-state index in [9.17, 15) is 9.59 Å². The zero-order valence-electron chi connectivity index (χ0n) is 14.3. The van der Waals surface area contributed by atoms with Crippen LogP contribution in [0.2, 0.25) is 0 Å². The van der Waals surface area contributed by atoms with Crippen molar-refractivity contribution >= 4 is 17.6 Å². The fraction of sp³-hybridized carbons (Fsp3) is 0.611. The number of aromatic nitrogens is 1. The average molecular weight is 333 g/mol. The highest BCUT2D eigenvalue weighted by molar-refractivity contribution is 5.81. The van der Waals surface area contributed by atoms with Gasteiger partial charge in [0.05, 0.1) is 6.54 Å². The van der Waals surface area contributed by atoms with Gasteiger partial charge in [0, 0.05) is 25.1 Å². The number of carboxylic acid groups (broad SMARTS) is 1. The Bertz CT molecular complexity index is 554. The molecule has 1 aliphatic rings. The van der Waals surface area contributed by atoms with Gasteiger partial charge in [-0.2, -0.15) is 0 Å². The van der Waals surface area contributed by atoms with Crippen molar-refractivity contribution in [1.29, 1.82) is 0 Å². The van der Waals surface area contributed by atoms with E-state index in [0.29, 0.717) is 25.3 Å². The molecule has 2 rings (SSSR count). The van der Waals surface area contributed by atoms with Crippen LogP contribution in [0.4, 0.5) is 5.82 Å². The first kappa shape index (κ1) is 18.4. The normalized spacial score (nSPS) is 16.0. The van der Waals surface area contributed by atoms with Crippen molar-refractivity contribution in [3.05, 3.63) is 23.9 Å². The van der Waals surface area contributed by atoms with Crippen LogP contribution < -0.4 is 5.32 Å². The minimum atomic E-state index is -0.796. The van der Waals surface area contributed by atoms with Gasteiger partial charge in [0.2, 0.25) is 0 Å². The van der Waals surface area contributed by atoms with Crippen molar-refractivity contribution in [2.45, 2.75) is 38.5 Å². The lowest BCUT2D eigenvalue weighted by molar-refractivity contribution is -0.138. The monoisotopic (exact) mass is 333 g/mol. The zero-order chi connectivity index (χ0) is 17.4. The van der Waals surface area contributed by atoms with Crippen LogP contribution in [0.1, 0.15) is 37.8 Å². The third kappa shape index (κ3) is 5.92. The number of Topliss-reactive ketones (excluding diaryl/α,β-unsaturated/α-hetero) is 1. The van der Waals surface area contributed by atoms with Crippen molar-refractivity contribution in [2.24, 2.45) is 5.92 Å². The summed E-state index contributed by atoms with van der Waals surface area (Å²) >= 11 is 0. The smallest absolute Gasteiger partial charge is 0.317 e. The predicted molar refractivity (Wildman–Crippen MR) is 93.1 cm³/mol. The topological polar surface area (TPSA) is 82.5 Å². The summed E-state index contributed by atoms with van der Waals surface area (Å²) in [6, 6.07) is 5.94. The van der Waals surface area contributed by atoms with E-state index >= 15 is 0 Å². The SMILES string of the molecule is CNc1cccc(CCCCC(=O)C2CCN(CC(=O)O)CC2)n1. The van der Waals surface area contributed by atoms with Crippen LogP contribution in [0, 0.1) is 5.92 Å². The predicted octanol–water partition coefficient (Wildman–Crippen LogP) is 2.20. The molecule has 6 heteroatoms. The third-order valence-electron chi connectivity index (χ3n) is 4.57. The highest BCUT2D eigenvalue weighted by Gasteiger charge is 2.25. The van der Waals surface area contributed by atoms with E-state index in [-0.39, 0.29) is 12.5 Å². The van der Waals surface area contributed by atoms with Crippen LogP contribution in [0.25, 0.3) is 0 Å². The van der Waals surface area contributed by atoms with Gasteiger partial charge in [-0.25, -0.2) is 4.98 Å². The third-order valence-corrected chi connectivity index (χ3v) is 4.57. The van der Waals surface area contributed by atoms with E-state index in [2.05, 4.69) is 10.3 Å². The van der Waals surface area contributed by atoms with Crippen LogP contribution in [0.5, 0.6) is 0 Å². The number of carbonyl (C=O) groups excluding carboxylic acids is 1. The largest absolute Gasteiger partial charge is 0.480 e. The van der Waals surface area contributed by atoms with E-state index in [1.54, 1.807) is 0 Å². The van der Waals surface area contributed by atoms with E-state index in [1.165, 1.54) is 0 Å². The number of hydrogen-bond acceptors (Lipinski definition) is 5. The molecule has 1 aromatic rings. The summed E-state index contributed by atoms with van der Waals surface area (Å²) in [6.07, 6.45) is 4.94. The molecule has 2 heterocycles. The molecule has 0 radical (unpaired) electrons. The zero-order valence-corrected chi connectivity index (χ0v) is 14.3. The molecular formula is C18H27N3O3. The number of anilines is 1. The number of aryl methyl sites for hydroxylation is 1. The fourth-order valence-electron chi connectivity index (χ4n) is 3.17. The van der Waals surface area contributed by atoms with Crippen LogP contribution in [-0.2, 0) is 16.0 Å². The molecule has 1 saturated heterocycles. The molecule has 24 heavy (non-hydrogen) atoms. The number of rotatable bonds is 9. The summed E-state index contributed by atoms with van der Waals surface area (Å²) in [6.45, 7) is 1.51. The lowest BCUT2D eigenvalue weighted by Crippen LogP contribution is -2.39. The Labute approximate surface area is 143 Å². The number of nitrogens with one attached hydrogen (secondary N) is 1. The lowest BCUT2D eigenvalue weighted by Gasteiger charge is -2.29. The van der Waals surface area contributed by atoms with Gasteiger partial charge in [-0.3, -0.25) is 14.5 Å².